The number of nitrogens with zero attached hydrogens (tertiary/aromatic N) is 2. The lowest BCUT2D eigenvalue weighted by Crippen LogP contribution is -2.13. The first-order valence-electron chi connectivity index (χ1n) is 5.46. The van der Waals surface area contributed by atoms with Crippen LogP contribution < -0.4 is 5.32 Å². The minimum Gasteiger partial charge on any atom is -0.322 e. The van der Waals surface area contributed by atoms with E-state index < -0.39 is 0 Å². The molecule has 1 heterocycles. The average Bonchev–Trinajstić information content (AvgIpc) is 2.41. The number of anilines is 1. The monoisotopic (exact) mass is 319 g/mol. The summed E-state index contributed by atoms with van der Waals surface area (Å²) in [4.78, 5) is 26.4. The summed E-state index contributed by atoms with van der Waals surface area (Å²) in [5.74, 6) is -0.246. The predicted octanol–water partition coefficient (Wildman–Crippen LogP) is 3.80. The molecule has 0 saturated heterocycles. The second kappa shape index (κ2) is 5.71. The quantitative estimate of drug-likeness (QED) is 0.874. The van der Waals surface area contributed by atoms with E-state index in [0.29, 0.717) is 21.4 Å². The molecule has 19 heavy (non-hydrogen) atoms. The van der Waals surface area contributed by atoms with Crippen molar-refractivity contribution in [3.05, 3.63) is 57.2 Å². The zero-order valence-electron chi connectivity index (χ0n) is 10.1. The summed E-state index contributed by atoms with van der Waals surface area (Å²) in [6, 6.07) is 6.44. The highest BCUT2D eigenvalue weighted by Crippen LogP contribution is 2.23. The van der Waals surface area contributed by atoms with Crippen molar-refractivity contribution in [3.8, 4) is 0 Å². The molecular weight excluding hydrogens is 310 g/mol. The molecule has 0 spiro atoms. The Morgan fingerprint density at radius 3 is 2.79 bits per heavy atom. The Balaban J connectivity index is 2.24. The molecule has 2 rings (SSSR count). The van der Waals surface area contributed by atoms with Crippen molar-refractivity contribution in [3.63, 3.8) is 0 Å². The van der Waals surface area contributed by atoms with E-state index in [9.17, 15) is 9.70 Å². The second-order valence-corrected chi connectivity index (χ2v) is 4.75. The summed E-state index contributed by atoms with van der Waals surface area (Å²) in [6.45, 7) is 1.80. The fraction of sp³-hybridized carbons (Fsp3) is 0.0769. The van der Waals surface area contributed by atoms with Crippen LogP contribution in [0.3, 0.4) is 0 Å². The van der Waals surface area contributed by atoms with Crippen LogP contribution in [0.1, 0.15) is 15.9 Å². The number of carbonyl (C=O) groups excluding carboxylic acids is 1. The number of nitrogens with one attached hydrogen (secondary N) is 1. The lowest BCUT2D eigenvalue weighted by atomic mass is 10.1. The minimum absolute atomic E-state index is 0.246. The molecule has 1 aromatic carbocycles. The van der Waals surface area contributed by atoms with Crippen LogP contribution in [0.15, 0.2) is 46.3 Å². The molecule has 0 atom stereocenters. The average molecular weight is 320 g/mol. The van der Waals surface area contributed by atoms with E-state index in [2.05, 4.69) is 31.4 Å². The van der Waals surface area contributed by atoms with Crippen LogP contribution in [0.5, 0.6) is 0 Å². The fourth-order valence-corrected chi connectivity index (χ4v) is 2.02. The van der Waals surface area contributed by atoms with Crippen LogP contribution in [-0.4, -0.2) is 10.9 Å². The smallest absolute Gasteiger partial charge is 0.256 e. The zero-order valence-corrected chi connectivity index (χ0v) is 11.6. The number of halogens is 1. The molecule has 0 aliphatic rings. The Bertz CT molecular complexity index is 644. The summed E-state index contributed by atoms with van der Waals surface area (Å²) in [7, 11) is 0. The van der Waals surface area contributed by atoms with E-state index in [4.69, 9.17) is 0 Å². The van der Waals surface area contributed by atoms with Crippen LogP contribution in [0.4, 0.5) is 11.4 Å². The van der Waals surface area contributed by atoms with Gasteiger partial charge in [0.25, 0.3) is 5.91 Å². The molecule has 6 heteroatoms. The van der Waals surface area contributed by atoms with Crippen molar-refractivity contribution in [1.82, 2.24) is 4.98 Å². The molecule has 1 N–H and O–H groups in total. The molecule has 0 unspecified atom stereocenters. The Labute approximate surface area is 118 Å². The van der Waals surface area contributed by atoms with Crippen LogP contribution in [0, 0.1) is 11.8 Å². The van der Waals surface area contributed by atoms with Crippen molar-refractivity contribution in [2.24, 2.45) is 5.18 Å². The van der Waals surface area contributed by atoms with Crippen LogP contribution in [0.25, 0.3) is 0 Å². The molecule has 5 nitrogen and oxygen atoms in total. The SMILES string of the molecule is Cc1cc(N=O)ccc1NC(=O)c1ccncc1Br. The van der Waals surface area contributed by atoms with E-state index >= 15 is 0 Å². The number of nitroso groups, excluding NO2 is 1. The van der Waals surface area contributed by atoms with Gasteiger partial charge >= 0.3 is 0 Å². The molecule has 96 valence electrons. The van der Waals surface area contributed by atoms with Crippen LogP contribution in [0.2, 0.25) is 0 Å². The molecule has 0 aliphatic carbocycles. The first kappa shape index (κ1) is 13.4. The van der Waals surface area contributed by atoms with Gasteiger partial charge in [0, 0.05) is 22.6 Å². The topological polar surface area (TPSA) is 71.4 Å². The van der Waals surface area contributed by atoms with Crippen LogP contribution >= 0.6 is 15.9 Å². The number of hydrogen-bond acceptors (Lipinski definition) is 4. The Morgan fingerprint density at radius 2 is 2.16 bits per heavy atom. The lowest BCUT2D eigenvalue weighted by Gasteiger charge is -2.09. The van der Waals surface area contributed by atoms with Gasteiger partial charge in [0.15, 0.2) is 0 Å². The number of hydrogen-bond donors (Lipinski definition) is 1. The summed E-state index contributed by atoms with van der Waals surface area (Å²) in [5, 5.41) is 5.62. The highest BCUT2D eigenvalue weighted by Gasteiger charge is 2.11. The van der Waals surface area contributed by atoms with Gasteiger partial charge < -0.3 is 5.32 Å². The van der Waals surface area contributed by atoms with E-state index in [1.807, 2.05) is 0 Å². The Kier molecular flexibility index (Phi) is 4.01. The lowest BCUT2D eigenvalue weighted by molar-refractivity contribution is 0.102. The highest BCUT2D eigenvalue weighted by atomic mass is 79.9. The number of rotatable bonds is 3. The summed E-state index contributed by atoms with van der Waals surface area (Å²) >= 11 is 3.27. The second-order valence-electron chi connectivity index (χ2n) is 3.90. The first-order valence-corrected chi connectivity index (χ1v) is 6.26. The molecule has 0 fully saturated rings. The van der Waals surface area contributed by atoms with E-state index in [0.717, 1.165) is 5.56 Å². The van der Waals surface area contributed by atoms with Gasteiger partial charge in [-0.25, -0.2) is 0 Å². The molecule has 0 aliphatic heterocycles. The predicted molar refractivity (Wildman–Crippen MR) is 76.5 cm³/mol. The molecule has 1 amide bonds. The van der Waals surface area contributed by atoms with Crippen molar-refractivity contribution in [2.45, 2.75) is 6.92 Å². The number of aromatic nitrogens is 1. The van der Waals surface area contributed by atoms with Gasteiger partial charge in [-0.15, -0.1) is 4.91 Å². The summed E-state index contributed by atoms with van der Waals surface area (Å²) < 4.78 is 0.622. The number of pyridine rings is 1. The fourth-order valence-electron chi connectivity index (χ4n) is 1.59. The van der Waals surface area contributed by atoms with Crippen molar-refractivity contribution in [1.29, 1.82) is 0 Å². The maximum atomic E-state index is 12.1. The highest BCUT2D eigenvalue weighted by molar-refractivity contribution is 9.10. The van der Waals surface area contributed by atoms with Crippen molar-refractivity contribution >= 4 is 33.2 Å². The van der Waals surface area contributed by atoms with E-state index in [-0.39, 0.29) is 5.91 Å². The number of amides is 1. The van der Waals surface area contributed by atoms with Gasteiger partial charge in [0.05, 0.1) is 5.56 Å². The molecule has 1 aromatic heterocycles. The van der Waals surface area contributed by atoms with Crippen LogP contribution in [-0.2, 0) is 0 Å². The van der Waals surface area contributed by atoms with E-state index in [1.54, 1.807) is 43.6 Å². The summed E-state index contributed by atoms with van der Waals surface area (Å²) in [6.07, 6.45) is 3.10. The molecule has 0 bridgehead atoms. The van der Waals surface area contributed by atoms with Crippen molar-refractivity contribution in [2.75, 3.05) is 5.32 Å². The maximum absolute atomic E-state index is 12.1. The normalized spacial score (nSPS) is 10.0. The van der Waals surface area contributed by atoms with Gasteiger partial charge in [0.2, 0.25) is 0 Å². The molecule has 2 aromatic rings. The third-order valence-electron chi connectivity index (χ3n) is 2.58. The Hall–Kier alpha value is -2.08. The van der Waals surface area contributed by atoms with E-state index in [1.165, 1.54) is 0 Å². The largest absolute Gasteiger partial charge is 0.322 e. The molecule has 0 radical (unpaired) electrons. The molecular formula is C13H10BrN3O2. The zero-order chi connectivity index (χ0) is 13.8. The third kappa shape index (κ3) is 3.03. The first-order chi connectivity index (χ1) is 9.11. The Morgan fingerprint density at radius 1 is 1.37 bits per heavy atom. The standard InChI is InChI=1S/C13H10BrN3O2/c1-8-6-9(17-19)2-3-12(8)16-13(18)10-4-5-15-7-11(10)14/h2-7H,1H3,(H,16,18). The number of carbonyl (C=O) groups is 1. The minimum atomic E-state index is -0.246. The number of aryl methyl sites for hydroxylation is 1. The van der Waals surface area contributed by atoms with Gasteiger partial charge in [-0.3, -0.25) is 9.78 Å². The number of benzene rings is 1. The summed E-state index contributed by atoms with van der Waals surface area (Å²) in [5.41, 5.74) is 2.24. The van der Waals surface area contributed by atoms with Gasteiger partial charge in [-0.2, -0.15) is 0 Å². The maximum Gasteiger partial charge on any atom is 0.256 e. The van der Waals surface area contributed by atoms with Gasteiger partial charge in [-0.1, -0.05) is 0 Å². The third-order valence-corrected chi connectivity index (χ3v) is 3.21. The van der Waals surface area contributed by atoms with Crippen molar-refractivity contribution < 1.29 is 4.79 Å². The molecule has 0 saturated carbocycles. The van der Waals surface area contributed by atoms with Gasteiger partial charge in [0.1, 0.15) is 5.69 Å². The van der Waals surface area contributed by atoms with Gasteiger partial charge in [-0.05, 0) is 57.9 Å².